The lowest BCUT2D eigenvalue weighted by atomic mass is 10.1. The minimum absolute atomic E-state index is 0.227. The number of anilines is 1. The highest BCUT2D eigenvalue weighted by atomic mass is 35.5. The summed E-state index contributed by atoms with van der Waals surface area (Å²) in [5, 5.41) is 10.1. The van der Waals surface area contributed by atoms with Gasteiger partial charge in [0.2, 0.25) is 0 Å². The summed E-state index contributed by atoms with van der Waals surface area (Å²) in [6, 6.07) is 16.3. The fourth-order valence-electron chi connectivity index (χ4n) is 1.99. The number of benzene rings is 2. The van der Waals surface area contributed by atoms with Gasteiger partial charge in [-0.1, -0.05) is 35.9 Å². The number of carbonyl (C=O) groups is 1. The highest BCUT2D eigenvalue weighted by Gasteiger charge is 2.09. The molecule has 3 aromatic rings. The van der Waals surface area contributed by atoms with Crippen molar-refractivity contribution in [2.75, 3.05) is 5.32 Å². The van der Waals surface area contributed by atoms with E-state index in [-0.39, 0.29) is 5.91 Å². The molecule has 0 atom stereocenters. The van der Waals surface area contributed by atoms with Gasteiger partial charge in [0.05, 0.1) is 16.3 Å². The maximum absolute atomic E-state index is 12.1. The molecule has 2 aromatic carbocycles. The quantitative estimate of drug-likeness (QED) is 0.768. The zero-order valence-electron chi connectivity index (χ0n) is 11.0. The van der Waals surface area contributed by atoms with Crippen LogP contribution in [0, 0.1) is 0 Å². The number of amides is 1. The van der Waals surface area contributed by atoms with Gasteiger partial charge in [-0.2, -0.15) is 5.10 Å². The first-order valence-corrected chi connectivity index (χ1v) is 6.77. The lowest BCUT2D eigenvalue weighted by molar-refractivity contribution is 0.102. The number of rotatable bonds is 3. The highest BCUT2D eigenvalue weighted by Crippen LogP contribution is 2.20. The van der Waals surface area contributed by atoms with E-state index in [4.69, 9.17) is 11.6 Å². The molecule has 0 aliphatic heterocycles. The maximum Gasteiger partial charge on any atom is 0.257 e. The van der Waals surface area contributed by atoms with Gasteiger partial charge in [-0.05, 0) is 35.9 Å². The third kappa shape index (κ3) is 2.95. The Hall–Kier alpha value is -2.59. The SMILES string of the molecule is O=C(Nc1ccc(-c2ccn[nH]2)cc1)c1ccccc1Cl. The standard InChI is InChI=1S/C16H12ClN3O/c17-14-4-2-1-3-13(14)16(21)19-12-7-5-11(6-8-12)15-9-10-18-20-15/h1-10H,(H,18,20)(H,19,21). The van der Waals surface area contributed by atoms with Gasteiger partial charge in [0, 0.05) is 11.9 Å². The first kappa shape index (κ1) is 13.4. The van der Waals surface area contributed by atoms with E-state index in [2.05, 4.69) is 15.5 Å². The van der Waals surface area contributed by atoms with Crippen LogP contribution >= 0.6 is 11.6 Å². The molecule has 0 radical (unpaired) electrons. The van der Waals surface area contributed by atoms with E-state index in [0.717, 1.165) is 11.3 Å². The van der Waals surface area contributed by atoms with Crippen molar-refractivity contribution in [3.63, 3.8) is 0 Å². The molecule has 0 saturated carbocycles. The van der Waals surface area contributed by atoms with E-state index in [1.165, 1.54) is 0 Å². The molecule has 3 rings (SSSR count). The minimum atomic E-state index is -0.227. The summed E-state index contributed by atoms with van der Waals surface area (Å²) in [7, 11) is 0. The van der Waals surface area contributed by atoms with Crippen molar-refractivity contribution < 1.29 is 4.79 Å². The van der Waals surface area contributed by atoms with E-state index >= 15 is 0 Å². The first-order valence-electron chi connectivity index (χ1n) is 6.40. The predicted molar refractivity (Wildman–Crippen MR) is 83.4 cm³/mol. The van der Waals surface area contributed by atoms with Crippen LogP contribution in [0.3, 0.4) is 0 Å². The monoisotopic (exact) mass is 297 g/mol. The Morgan fingerprint density at radius 2 is 1.81 bits per heavy atom. The summed E-state index contributed by atoms with van der Waals surface area (Å²) in [6.45, 7) is 0. The van der Waals surface area contributed by atoms with Crippen LogP contribution in [0.15, 0.2) is 60.8 Å². The molecule has 21 heavy (non-hydrogen) atoms. The Kier molecular flexibility index (Phi) is 3.71. The molecule has 0 fully saturated rings. The van der Waals surface area contributed by atoms with Gasteiger partial charge < -0.3 is 5.32 Å². The number of carbonyl (C=O) groups excluding carboxylic acids is 1. The van der Waals surface area contributed by atoms with E-state index in [0.29, 0.717) is 16.3 Å². The summed E-state index contributed by atoms with van der Waals surface area (Å²) >= 11 is 6.01. The van der Waals surface area contributed by atoms with Crippen LogP contribution in [-0.2, 0) is 0 Å². The molecular weight excluding hydrogens is 286 g/mol. The molecule has 0 spiro atoms. The predicted octanol–water partition coefficient (Wildman–Crippen LogP) is 3.98. The summed E-state index contributed by atoms with van der Waals surface area (Å²) < 4.78 is 0. The molecule has 0 aliphatic carbocycles. The molecule has 104 valence electrons. The van der Waals surface area contributed by atoms with Gasteiger partial charge in [-0.3, -0.25) is 9.89 Å². The van der Waals surface area contributed by atoms with Crippen LogP contribution in [-0.4, -0.2) is 16.1 Å². The average molecular weight is 298 g/mol. The van der Waals surface area contributed by atoms with E-state index < -0.39 is 0 Å². The Labute approximate surface area is 126 Å². The number of nitrogens with zero attached hydrogens (tertiary/aromatic N) is 1. The molecule has 2 N–H and O–H groups in total. The Morgan fingerprint density at radius 3 is 2.48 bits per heavy atom. The number of aromatic nitrogens is 2. The van der Waals surface area contributed by atoms with E-state index in [1.807, 2.05) is 30.3 Å². The molecule has 0 aliphatic rings. The number of H-pyrrole nitrogens is 1. The molecule has 1 heterocycles. The number of hydrogen-bond donors (Lipinski definition) is 2. The van der Waals surface area contributed by atoms with Crippen molar-refractivity contribution in [2.24, 2.45) is 0 Å². The van der Waals surface area contributed by atoms with Crippen molar-refractivity contribution in [1.82, 2.24) is 10.2 Å². The number of hydrogen-bond acceptors (Lipinski definition) is 2. The van der Waals surface area contributed by atoms with E-state index in [9.17, 15) is 4.79 Å². The lowest BCUT2D eigenvalue weighted by Crippen LogP contribution is -2.12. The summed E-state index contributed by atoms with van der Waals surface area (Å²) in [5.41, 5.74) is 3.10. The van der Waals surface area contributed by atoms with Crippen LogP contribution in [0.5, 0.6) is 0 Å². The van der Waals surface area contributed by atoms with Crippen LogP contribution in [0.4, 0.5) is 5.69 Å². The molecule has 4 nitrogen and oxygen atoms in total. The number of nitrogens with one attached hydrogen (secondary N) is 2. The minimum Gasteiger partial charge on any atom is -0.322 e. The van der Waals surface area contributed by atoms with Crippen LogP contribution in [0.25, 0.3) is 11.3 Å². The lowest BCUT2D eigenvalue weighted by Gasteiger charge is -2.07. The third-order valence-corrected chi connectivity index (χ3v) is 3.40. The van der Waals surface area contributed by atoms with Gasteiger partial charge in [0.1, 0.15) is 0 Å². The van der Waals surface area contributed by atoms with Crippen molar-refractivity contribution in [1.29, 1.82) is 0 Å². The van der Waals surface area contributed by atoms with Gasteiger partial charge >= 0.3 is 0 Å². The zero-order valence-corrected chi connectivity index (χ0v) is 11.8. The Morgan fingerprint density at radius 1 is 1.05 bits per heavy atom. The second-order valence-electron chi connectivity index (χ2n) is 4.48. The molecule has 0 bridgehead atoms. The maximum atomic E-state index is 12.1. The largest absolute Gasteiger partial charge is 0.322 e. The first-order chi connectivity index (χ1) is 10.2. The molecule has 1 aromatic heterocycles. The molecular formula is C16H12ClN3O. The zero-order chi connectivity index (χ0) is 14.7. The van der Waals surface area contributed by atoms with Crippen molar-refractivity contribution in [2.45, 2.75) is 0 Å². The normalized spacial score (nSPS) is 10.3. The fraction of sp³-hybridized carbons (Fsp3) is 0. The molecule has 0 unspecified atom stereocenters. The van der Waals surface area contributed by atoms with Crippen molar-refractivity contribution in [3.05, 3.63) is 71.4 Å². The van der Waals surface area contributed by atoms with Crippen LogP contribution in [0.1, 0.15) is 10.4 Å². The topological polar surface area (TPSA) is 57.8 Å². The Bertz CT molecular complexity index is 751. The van der Waals surface area contributed by atoms with Gasteiger partial charge in [0.15, 0.2) is 0 Å². The number of aromatic amines is 1. The van der Waals surface area contributed by atoms with Crippen LogP contribution < -0.4 is 5.32 Å². The molecule has 0 saturated heterocycles. The van der Waals surface area contributed by atoms with Crippen LogP contribution in [0.2, 0.25) is 5.02 Å². The summed E-state index contributed by atoms with van der Waals surface area (Å²) in [5.74, 6) is -0.227. The smallest absolute Gasteiger partial charge is 0.257 e. The highest BCUT2D eigenvalue weighted by molar-refractivity contribution is 6.34. The van der Waals surface area contributed by atoms with Gasteiger partial charge in [0.25, 0.3) is 5.91 Å². The molecule has 1 amide bonds. The van der Waals surface area contributed by atoms with E-state index in [1.54, 1.807) is 30.5 Å². The second kappa shape index (κ2) is 5.81. The average Bonchev–Trinajstić information content (AvgIpc) is 3.02. The number of halogens is 1. The third-order valence-electron chi connectivity index (χ3n) is 3.07. The molecule has 5 heteroatoms. The van der Waals surface area contributed by atoms with Gasteiger partial charge in [-0.15, -0.1) is 0 Å². The Balaban J connectivity index is 1.77. The summed E-state index contributed by atoms with van der Waals surface area (Å²) in [6.07, 6.45) is 1.70. The van der Waals surface area contributed by atoms with Crippen molar-refractivity contribution in [3.8, 4) is 11.3 Å². The summed E-state index contributed by atoms with van der Waals surface area (Å²) in [4.78, 5) is 12.1. The fourth-order valence-corrected chi connectivity index (χ4v) is 2.22. The van der Waals surface area contributed by atoms with Gasteiger partial charge in [-0.25, -0.2) is 0 Å². The van der Waals surface area contributed by atoms with Crippen molar-refractivity contribution >= 4 is 23.2 Å². The second-order valence-corrected chi connectivity index (χ2v) is 4.89.